The van der Waals surface area contributed by atoms with Crippen molar-refractivity contribution in [2.24, 2.45) is 0 Å². The number of nitrogens with one attached hydrogen (secondary N) is 1. The summed E-state index contributed by atoms with van der Waals surface area (Å²) in [5, 5.41) is 3.02. The molecule has 1 heterocycles. The van der Waals surface area contributed by atoms with Crippen LogP contribution >= 0.6 is 0 Å². The summed E-state index contributed by atoms with van der Waals surface area (Å²) in [7, 11) is 3.04. The molecular weight excluding hydrogens is 420 g/mol. The number of methoxy groups -OCH3 is 2. The Hall–Kier alpha value is -2.90. The van der Waals surface area contributed by atoms with Crippen LogP contribution in [0.25, 0.3) is 0 Å². The van der Waals surface area contributed by atoms with Gasteiger partial charge in [-0.2, -0.15) is 0 Å². The van der Waals surface area contributed by atoms with E-state index in [0.717, 1.165) is 42.7 Å². The van der Waals surface area contributed by atoms with E-state index in [9.17, 15) is 9.59 Å². The first-order valence-corrected chi connectivity index (χ1v) is 11.3. The maximum Gasteiger partial charge on any atom is 0.338 e. The van der Waals surface area contributed by atoms with E-state index in [2.05, 4.69) is 10.2 Å². The molecule has 7 heteroatoms. The molecule has 2 aromatic carbocycles. The minimum atomic E-state index is -0.532. The number of ether oxygens (including phenoxy) is 3. The van der Waals surface area contributed by atoms with Crippen LogP contribution in [0.4, 0.5) is 11.4 Å². The van der Waals surface area contributed by atoms with Crippen molar-refractivity contribution in [2.75, 3.05) is 44.1 Å². The number of anilines is 2. The van der Waals surface area contributed by atoms with Gasteiger partial charge in [-0.15, -0.1) is 0 Å². The van der Waals surface area contributed by atoms with Crippen LogP contribution in [0.2, 0.25) is 0 Å². The molecule has 2 aromatic rings. The maximum atomic E-state index is 13.3. The Kier molecular flexibility index (Phi) is 7.76. The molecule has 0 saturated carbocycles. The van der Waals surface area contributed by atoms with Crippen molar-refractivity contribution in [1.82, 2.24) is 0 Å². The normalized spacial score (nSPS) is 15.3. The average molecular weight is 457 g/mol. The fraction of sp³-hybridized carbons (Fsp3) is 0.462. The van der Waals surface area contributed by atoms with Crippen LogP contribution in [0.1, 0.15) is 58.6 Å². The Balaban J connectivity index is 0.00000408. The molecule has 33 heavy (non-hydrogen) atoms. The first-order chi connectivity index (χ1) is 15.7. The third-order valence-electron chi connectivity index (χ3n) is 6.45. The number of amides is 1. The molecule has 1 N–H and O–H groups in total. The van der Waals surface area contributed by atoms with E-state index in [0.29, 0.717) is 29.0 Å². The lowest BCUT2D eigenvalue weighted by Crippen LogP contribution is -2.47. The van der Waals surface area contributed by atoms with Crippen LogP contribution in [0.5, 0.6) is 0 Å². The second kappa shape index (κ2) is 10.4. The number of aryl methyl sites for hydroxylation is 2. The Bertz CT molecular complexity index is 1030. The van der Waals surface area contributed by atoms with Crippen LogP contribution in [0.15, 0.2) is 30.3 Å². The third kappa shape index (κ3) is 5.20. The zero-order valence-electron chi connectivity index (χ0n) is 20.4. The Morgan fingerprint density at radius 3 is 2.30 bits per heavy atom. The summed E-state index contributed by atoms with van der Waals surface area (Å²) in [6.45, 7) is 9.77. The number of esters is 1. The van der Waals surface area contributed by atoms with Crippen LogP contribution in [0, 0.1) is 20.8 Å². The maximum absolute atomic E-state index is 13.3. The lowest BCUT2D eigenvalue weighted by atomic mass is 10.00. The predicted molar refractivity (Wildman–Crippen MR) is 131 cm³/mol. The molecular formula is C26H36N2O5. The van der Waals surface area contributed by atoms with Gasteiger partial charge in [-0.25, -0.2) is 4.79 Å². The van der Waals surface area contributed by atoms with E-state index in [-0.39, 0.29) is 7.33 Å². The highest BCUT2D eigenvalue weighted by molar-refractivity contribution is 6.07. The van der Waals surface area contributed by atoms with Gasteiger partial charge in [0.05, 0.1) is 12.7 Å². The molecule has 180 valence electrons. The predicted octanol–water partition coefficient (Wildman–Crippen LogP) is 4.88. The number of benzene rings is 2. The second-order valence-electron chi connectivity index (χ2n) is 8.41. The quantitative estimate of drug-likeness (QED) is 0.473. The minimum absolute atomic E-state index is 0. The summed E-state index contributed by atoms with van der Waals surface area (Å²) in [5.74, 6) is -1.17. The van der Waals surface area contributed by atoms with Gasteiger partial charge in [0.1, 0.15) is 0 Å². The van der Waals surface area contributed by atoms with Gasteiger partial charge >= 0.3 is 5.97 Å². The Morgan fingerprint density at radius 2 is 1.70 bits per heavy atom. The fourth-order valence-corrected chi connectivity index (χ4v) is 4.38. The summed E-state index contributed by atoms with van der Waals surface area (Å²) in [5.41, 5.74) is 5.11. The minimum Gasteiger partial charge on any atom is -0.465 e. The van der Waals surface area contributed by atoms with Crippen molar-refractivity contribution >= 4 is 23.3 Å². The monoisotopic (exact) mass is 456 g/mol. The summed E-state index contributed by atoms with van der Waals surface area (Å²) in [4.78, 5) is 27.6. The number of carbonyl (C=O) groups is 2. The molecule has 1 amide bonds. The highest BCUT2D eigenvalue weighted by Crippen LogP contribution is 2.31. The molecule has 1 fully saturated rings. The van der Waals surface area contributed by atoms with Crippen molar-refractivity contribution in [2.45, 2.75) is 46.3 Å². The lowest BCUT2D eigenvalue weighted by molar-refractivity contribution is -0.230. The molecule has 0 aromatic heterocycles. The van der Waals surface area contributed by atoms with Gasteiger partial charge in [0, 0.05) is 58.0 Å². The fourth-order valence-electron chi connectivity index (χ4n) is 4.38. The molecule has 0 spiro atoms. The Labute approximate surface area is 197 Å². The summed E-state index contributed by atoms with van der Waals surface area (Å²) < 4.78 is 16.4. The van der Waals surface area contributed by atoms with Crippen LogP contribution in [0.3, 0.4) is 0 Å². The largest absolute Gasteiger partial charge is 0.465 e. The number of nitrogens with zero attached hydrogens (tertiary/aromatic N) is 1. The molecule has 7 nitrogen and oxygen atoms in total. The standard InChI is InChI=1S/C26H34N2O5.H2/c1-7-33-26(32-6)12-14-28(15-13-26)20-10-8-17(2)22(16-20)24(29)27-23-18(3)9-11-21(19(23)4)25(30)31-5;/h8-11,16H,7,12-15H2,1-6H3,(H,27,29);1H. The third-order valence-corrected chi connectivity index (χ3v) is 6.45. The van der Waals surface area contributed by atoms with Gasteiger partial charge in [-0.05, 0) is 62.6 Å². The average Bonchev–Trinajstić information content (AvgIpc) is 2.82. The molecule has 1 aliphatic rings. The van der Waals surface area contributed by atoms with Gasteiger partial charge in [-0.3, -0.25) is 4.79 Å². The van der Waals surface area contributed by atoms with Crippen LogP contribution in [-0.4, -0.2) is 51.6 Å². The summed E-state index contributed by atoms with van der Waals surface area (Å²) in [6.07, 6.45) is 1.51. The van der Waals surface area contributed by atoms with E-state index >= 15 is 0 Å². The number of hydrogen-bond acceptors (Lipinski definition) is 6. The van der Waals surface area contributed by atoms with Crippen molar-refractivity contribution in [3.63, 3.8) is 0 Å². The molecule has 1 aliphatic heterocycles. The van der Waals surface area contributed by atoms with Gasteiger partial charge in [0.15, 0.2) is 5.79 Å². The van der Waals surface area contributed by atoms with Crippen molar-refractivity contribution in [1.29, 1.82) is 0 Å². The van der Waals surface area contributed by atoms with Crippen molar-refractivity contribution < 1.29 is 25.2 Å². The van der Waals surface area contributed by atoms with Gasteiger partial charge in [0.25, 0.3) is 5.91 Å². The highest BCUT2D eigenvalue weighted by Gasteiger charge is 2.35. The van der Waals surface area contributed by atoms with Crippen molar-refractivity contribution in [3.05, 3.63) is 58.1 Å². The lowest BCUT2D eigenvalue weighted by Gasteiger charge is -2.41. The van der Waals surface area contributed by atoms with E-state index in [1.54, 1.807) is 13.2 Å². The first kappa shape index (κ1) is 24.7. The number of carbonyl (C=O) groups excluding carboxylic acids is 2. The van der Waals surface area contributed by atoms with Crippen molar-refractivity contribution in [3.8, 4) is 0 Å². The summed E-state index contributed by atoms with van der Waals surface area (Å²) >= 11 is 0. The van der Waals surface area contributed by atoms with E-state index < -0.39 is 11.8 Å². The smallest absolute Gasteiger partial charge is 0.338 e. The Morgan fingerprint density at radius 1 is 1.03 bits per heavy atom. The number of hydrogen-bond donors (Lipinski definition) is 1. The molecule has 0 unspecified atom stereocenters. The SMILES string of the molecule is CCOC1(OC)CCN(c2ccc(C)c(C(=O)Nc3c(C)ccc(C(=O)OC)c3C)c2)CC1.[HH]. The second-order valence-corrected chi connectivity index (χ2v) is 8.41. The molecule has 0 atom stereocenters. The van der Waals surface area contributed by atoms with Crippen LogP contribution in [-0.2, 0) is 14.2 Å². The zero-order valence-corrected chi connectivity index (χ0v) is 20.4. The molecule has 0 bridgehead atoms. The van der Waals surface area contributed by atoms with Gasteiger partial charge in [0.2, 0.25) is 0 Å². The van der Waals surface area contributed by atoms with Gasteiger partial charge in [-0.1, -0.05) is 12.1 Å². The van der Waals surface area contributed by atoms with E-state index in [4.69, 9.17) is 14.2 Å². The molecule has 3 rings (SSSR count). The first-order valence-electron chi connectivity index (χ1n) is 11.3. The molecule has 0 radical (unpaired) electrons. The number of rotatable bonds is 7. The van der Waals surface area contributed by atoms with Crippen LogP contribution < -0.4 is 10.2 Å². The zero-order chi connectivity index (χ0) is 24.2. The van der Waals surface area contributed by atoms with E-state index in [1.807, 2.05) is 52.0 Å². The van der Waals surface area contributed by atoms with E-state index in [1.165, 1.54) is 7.11 Å². The topological polar surface area (TPSA) is 77.1 Å². The number of piperidine rings is 1. The molecule has 0 aliphatic carbocycles. The summed E-state index contributed by atoms with van der Waals surface area (Å²) in [6, 6.07) is 9.47. The molecule has 1 saturated heterocycles. The van der Waals surface area contributed by atoms with Gasteiger partial charge < -0.3 is 24.4 Å². The highest BCUT2D eigenvalue weighted by atomic mass is 16.7.